The van der Waals surface area contributed by atoms with Gasteiger partial charge < -0.3 is 10.0 Å². The first kappa shape index (κ1) is 17.3. The van der Waals surface area contributed by atoms with Crippen LogP contribution in [0, 0.1) is 11.8 Å². The number of hydrogen-bond acceptors (Lipinski definition) is 2. The van der Waals surface area contributed by atoms with E-state index in [1.807, 2.05) is 0 Å². The van der Waals surface area contributed by atoms with Gasteiger partial charge in [-0.2, -0.15) is 13.2 Å². The van der Waals surface area contributed by atoms with Crippen LogP contribution < -0.4 is 0 Å². The highest BCUT2D eigenvalue weighted by Crippen LogP contribution is 2.42. The molecule has 0 aromatic rings. The molecule has 0 saturated heterocycles. The van der Waals surface area contributed by atoms with Gasteiger partial charge in [-0.1, -0.05) is 12.8 Å². The van der Waals surface area contributed by atoms with Gasteiger partial charge in [-0.3, -0.25) is 4.79 Å². The fraction of sp³-hybridized carbons (Fsp3) is 0.929. The van der Waals surface area contributed by atoms with Crippen molar-refractivity contribution in [1.29, 1.82) is 0 Å². The molecule has 0 aromatic heterocycles. The first-order chi connectivity index (χ1) is 9.38. The third-order valence-electron chi connectivity index (χ3n) is 4.03. The minimum Gasteiger partial charge on any atom is -0.396 e. The molecule has 0 spiro atoms. The molecule has 1 aliphatic rings. The van der Waals surface area contributed by atoms with Crippen molar-refractivity contribution in [3.63, 3.8) is 0 Å². The molecule has 0 aliphatic heterocycles. The number of carbonyl (C=O) groups is 1. The van der Waals surface area contributed by atoms with Crippen molar-refractivity contribution in [3.8, 4) is 0 Å². The molecule has 1 amide bonds. The minimum atomic E-state index is -4.28. The Balaban J connectivity index is 2.54. The number of nitrogens with zero attached hydrogens (tertiary/aromatic N) is 1. The average molecular weight is 295 g/mol. The largest absolute Gasteiger partial charge is 0.396 e. The van der Waals surface area contributed by atoms with E-state index in [1.165, 1.54) is 4.90 Å². The summed E-state index contributed by atoms with van der Waals surface area (Å²) in [5.74, 6) is -2.77. The second kappa shape index (κ2) is 7.86. The molecule has 0 radical (unpaired) electrons. The second-order valence-electron chi connectivity index (χ2n) is 5.58. The van der Waals surface area contributed by atoms with E-state index in [2.05, 4.69) is 0 Å². The molecule has 20 heavy (non-hydrogen) atoms. The predicted molar refractivity (Wildman–Crippen MR) is 70.1 cm³/mol. The monoisotopic (exact) mass is 295 g/mol. The van der Waals surface area contributed by atoms with Gasteiger partial charge in [-0.15, -0.1) is 0 Å². The van der Waals surface area contributed by atoms with Crippen molar-refractivity contribution >= 4 is 5.91 Å². The molecule has 2 unspecified atom stereocenters. The quantitative estimate of drug-likeness (QED) is 0.765. The highest BCUT2D eigenvalue weighted by atomic mass is 19.4. The van der Waals surface area contributed by atoms with Crippen LogP contribution in [0.3, 0.4) is 0 Å². The molecule has 1 N–H and O–H groups in total. The van der Waals surface area contributed by atoms with E-state index >= 15 is 0 Å². The maximum atomic E-state index is 13.0. The van der Waals surface area contributed by atoms with Gasteiger partial charge in [0.15, 0.2) is 0 Å². The molecule has 1 fully saturated rings. The van der Waals surface area contributed by atoms with Gasteiger partial charge in [0.1, 0.15) is 0 Å². The Morgan fingerprint density at radius 3 is 2.45 bits per heavy atom. The van der Waals surface area contributed by atoms with Crippen LogP contribution in [-0.4, -0.2) is 42.3 Å². The smallest absolute Gasteiger partial charge is 0.392 e. The molecule has 118 valence electrons. The zero-order valence-corrected chi connectivity index (χ0v) is 12.0. The molecule has 0 aromatic carbocycles. The lowest BCUT2D eigenvalue weighted by Crippen LogP contribution is -2.43. The lowest BCUT2D eigenvalue weighted by Gasteiger charge is -2.34. The maximum absolute atomic E-state index is 13.0. The lowest BCUT2D eigenvalue weighted by atomic mass is 9.78. The predicted octanol–water partition coefficient (Wildman–Crippen LogP) is 2.98. The third kappa shape index (κ3) is 4.96. The van der Waals surface area contributed by atoms with Crippen LogP contribution in [0.5, 0.6) is 0 Å². The summed E-state index contributed by atoms with van der Waals surface area (Å²) in [6.07, 6.45) is -0.472. The summed E-state index contributed by atoms with van der Waals surface area (Å²) < 4.78 is 38.9. The molecule has 0 bridgehead atoms. The first-order valence-electron chi connectivity index (χ1n) is 7.30. The normalized spacial score (nSPS) is 23.6. The van der Waals surface area contributed by atoms with Crippen LogP contribution in [0.2, 0.25) is 0 Å². The number of carbonyl (C=O) groups excluding carboxylic acids is 1. The van der Waals surface area contributed by atoms with E-state index in [4.69, 9.17) is 5.11 Å². The summed E-state index contributed by atoms with van der Waals surface area (Å²) in [5, 5.41) is 8.66. The van der Waals surface area contributed by atoms with Gasteiger partial charge in [0, 0.05) is 26.1 Å². The van der Waals surface area contributed by atoms with Crippen LogP contribution in [0.25, 0.3) is 0 Å². The summed E-state index contributed by atoms with van der Waals surface area (Å²) in [6.45, 7) is 0.566. The van der Waals surface area contributed by atoms with Gasteiger partial charge in [0.05, 0.1) is 5.92 Å². The van der Waals surface area contributed by atoms with Crippen molar-refractivity contribution in [2.45, 2.75) is 51.1 Å². The highest BCUT2D eigenvalue weighted by molar-refractivity contribution is 5.79. The van der Waals surface area contributed by atoms with E-state index in [0.29, 0.717) is 38.6 Å². The molecular formula is C14H24F3NO2. The number of halogens is 3. The molecule has 1 saturated carbocycles. The van der Waals surface area contributed by atoms with Gasteiger partial charge in [-0.25, -0.2) is 0 Å². The fourth-order valence-corrected chi connectivity index (χ4v) is 2.85. The number of unbranched alkanes of at least 4 members (excludes halogenated alkanes) is 2. The number of hydrogen-bond donors (Lipinski definition) is 1. The summed E-state index contributed by atoms with van der Waals surface area (Å²) in [5.41, 5.74) is 0. The van der Waals surface area contributed by atoms with E-state index in [9.17, 15) is 18.0 Å². The Labute approximate surface area is 118 Å². The van der Waals surface area contributed by atoms with Crippen molar-refractivity contribution in [2.24, 2.45) is 11.8 Å². The van der Waals surface area contributed by atoms with Crippen LogP contribution in [0.15, 0.2) is 0 Å². The average Bonchev–Trinajstić information content (AvgIpc) is 2.41. The Morgan fingerprint density at radius 1 is 1.20 bits per heavy atom. The zero-order chi connectivity index (χ0) is 15.2. The summed E-state index contributed by atoms with van der Waals surface area (Å²) in [6, 6.07) is 0. The van der Waals surface area contributed by atoms with Crippen LogP contribution in [0.4, 0.5) is 13.2 Å². The Hall–Kier alpha value is -0.780. The van der Waals surface area contributed by atoms with E-state index in [0.717, 1.165) is 6.42 Å². The van der Waals surface area contributed by atoms with Crippen LogP contribution >= 0.6 is 0 Å². The third-order valence-corrected chi connectivity index (χ3v) is 4.03. The Kier molecular flexibility index (Phi) is 6.79. The Morgan fingerprint density at radius 2 is 1.85 bits per heavy atom. The van der Waals surface area contributed by atoms with Crippen molar-refractivity contribution in [2.75, 3.05) is 20.2 Å². The number of aliphatic hydroxyl groups is 1. The summed E-state index contributed by atoms with van der Waals surface area (Å²) in [4.78, 5) is 13.6. The number of aliphatic hydroxyl groups excluding tert-OH is 1. The standard InChI is InChI=1S/C14H24F3NO2/c1-18(9-5-2-6-10-19)13(20)11-7-3-4-8-12(11)14(15,16)17/h11-12,19H,2-10H2,1H3. The molecule has 1 rings (SSSR count). The molecular weight excluding hydrogens is 271 g/mol. The van der Waals surface area contributed by atoms with Crippen LogP contribution in [-0.2, 0) is 4.79 Å². The SMILES string of the molecule is CN(CCCCCO)C(=O)C1CCCCC1C(F)(F)F. The van der Waals surface area contributed by atoms with Crippen molar-refractivity contribution in [1.82, 2.24) is 4.90 Å². The number of rotatable bonds is 6. The van der Waals surface area contributed by atoms with Crippen LogP contribution in [0.1, 0.15) is 44.9 Å². The van der Waals surface area contributed by atoms with E-state index in [1.54, 1.807) is 7.05 Å². The summed E-state index contributed by atoms with van der Waals surface area (Å²) >= 11 is 0. The molecule has 1 aliphatic carbocycles. The molecule has 6 heteroatoms. The maximum Gasteiger partial charge on any atom is 0.392 e. The topological polar surface area (TPSA) is 40.5 Å². The molecule has 0 heterocycles. The van der Waals surface area contributed by atoms with Gasteiger partial charge in [-0.05, 0) is 32.1 Å². The zero-order valence-electron chi connectivity index (χ0n) is 12.0. The van der Waals surface area contributed by atoms with Crippen molar-refractivity contribution in [3.05, 3.63) is 0 Å². The molecule has 3 nitrogen and oxygen atoms in total. The van der Waals surface area contributed by atoms with Gasteiger partial charge in [0.2, 0.25) is 5.91 Å². The number of amides is 1. The lowest BCUT2D eigenvalue weighted by molar-refractivity contribution is -0.200. The fourth-order valence-electron chi connectivity index (χ4n) is 2.85. The highest BCUT2D eigenvalue weighted by Gasteiger charge is 2.48. The van der Waals surface area contributed by atoms with E-state index < -0.39 is 18.0 Å². The van der Waals surface area contributed by atoms with Gasteiger partial charge in [0.25, 0.3) is 0 Å². The molecule has 2 atom stereocenters. The van der Waals surface area contributed by atoms with E-state index in [-0.39, 0.29) is 18.9 Å². The Bertz CT molecular complexity index is 307. The number of alkyl halides is 3. The second-order valence-corrected chi connectivity index (χ2v) is 5.58. The first-order valence-corrected chi connectivity index (χ1v) is 7.30. The van der Waals surface area contributed by atoms with Gasteiger partial charge >= 0.3 is 6.18 Å². The summed E-state index contributed by atoms with van der Waals surface area (Å²) in [7, 11) is 1.57. The van der Waals surface area contributed by atoms with Crippen molar-refractivity contribution < 1.29 is 23.1 Å². The minimum absolute atomic E-state index is 0.0677.